The molecule has 0 unspecified atom stereocenters. The lowest BCUT2D eigenvalue weighted by molar-refractivity contribution is -0.153. The lowest BCUT2D eigenvalue weighted by Gasteiger charge is -2.19. The number of hydrogen-bond donors (Lipinski definition) is 2. The summed E-state index contributed by atoms with van der Waals surface area (Å²) in [5.41, 5.74) is 0.254. The predicted octanol–water partition coefficient (Wildman–Crippen LogP) is 2.56. The fourth-order valence-corrected chi connectivity index (χ4v) is 3.09. The maximum Gasteiger partial charge on any atom is 0.321 e. The van der Waals surface area contributed by atoms with Gasteiger partial charge in [-0.25, -0.2) is 8.42 Å². The quantitative estimate of drug-likeness (QED) is 0.738. The van der Waals surface area contributed by atoms with Gasteiger partial charge in [0.25, 0.3) is 5.91 Å². The molecule has 7 nitrogen and oxygen atoms in total. The molecule has 0 aliphatic heterocycles. The molecule has 0 spiro atoms. The van der Waals surface area contributed by atoms with Crippen molar-refractivity contribution in [1.82, 2.24) is 4.72 Å². The van der Waals surface area contributed by atoms with Gasteiger partial charge in [0, 0.05) is 11.3 Å². The normalized spacial score (nSPS) is 11.7. The standard InChI is InChI=1S/C19H22N2O5S/c1-19(2,3)26-17(22)13-20-27(24,25)16-11-9-15(10-12-16)21-18(23)14-7-5-4-6-8-14/h4-12,20H,13H2,1-3H3,(H,21,23). The molecule has 0 bridgehead atoms. The summed E-state index contributed by atoms with van der Waals surface area (Å²) in [6, 6.07) is 14.3. The SMILES string of the molecule is CC(C)(C)OC(=O)CNS(=O)(=O)c1ccc(NC(=O)c2ccccc2)cc1. The number of amides is 1. The molecule has 2 aromatic carbocycles. The van der Waals surface area contributed by atoms with Crippen molar-refractivity contribution in [3.05, 3.63) is 60.2 Å². The Kier molecular flexibility index (Phi) is 6.35. The van der Waals surface area contributed by atoms with Crippen LogP contribution in [0.3, 0.4) is 0 Å². The number of benzene rings is 2. The van der Waals surface area contributed by atoms with E-state index in [4.69, 9.17) is 4.74 Å². The van der Waals surface area contributed by atoms with Gasteiger partial charge in [-0.15, -0.1) is 0 Å². The number of carbonyl (C=O) groups excluding carboxylic acids is 2. The van der Waals surface area contributed by atoms with Gasteiger partial charge in [-0.2, -0.15) is 4.72 Å². The van der Waals surface area contributed by atoms with E-state index < -0.39 is 28.1 Å². The summed E-state index contributed by atoms with van der Waals surface area (Å²) >= 11 is 0. The third-order valence-electron chi connectivity index (χ3n) is 3.29. The lowest BCUT2D eigenvalue weighted by Crippen LogP contribution is -2.34. The molecule has 0 heterocycles. The summed E-state index contributed by atoms with van der Waals surface area (Å²) in [4.78, 5) is 23.7. The van der Waals surface area contributed by atoms with E-state index in [-0.39, 0.29) is 10.8 Å². The van der Waals surface area contributed by atoms with Crippen LogP contribution < -0.4 is 10.0 Å². The lowest BCUT2D eigenvalue weighted by atomic mass is 10.2. The third kappa shape index (κ3) is 6.50. The van der Waals surface area contributed by atoms with Gasteiger partial charge in [0.1, 0.15) is 12.1 Å². The molecular weight excluding hydrogens is 368 g/mol. The highest BCUT2D eigenvalue weighted by molar-refractivity contribution is 7.89. The summed E-state index contributed by atoms with van der Waals surface area (Å²) in [6.07, 6.45) is 0. The van der Waals surface area contributed by atoms with Crippen LogP contribution in [-0.4, -0.2) is 32.4 Å². The number of anilines is 1. The highest BCUT2D eigenvalue weighted by atomic mass is 32.2. The van der Waals surface area contributed by atoms with Crippen LogP contribution in [-0.2, 0) is 19.6 Å². The van der Waals surface area contributed by atoms with Crippen LogP contribution in [0.25, 0.3) is 0 Å². The zero-order valence-corrected chi connectivity index (χ0v) is 16.2. The van der Waals surface area contributed by atoms with Gasteiger partial charge in [0.2, 0.25) is 10.0 Å². The molecule has 0 aromatic heterocycles. The fraction of sp³-hybridized carbons (Fsp3) is 0.263. The molecule has 0 saturated heterocycles. The van der Waals surface area contributed by atoms with Gasteiger partial charge in [0.15, 0.2) is 0 Å². The second-order valence-corrected chi connectivity index (χ2v) is 8.52. The van der Waals surface area contributed by atoms with Gasteiger partial charge in [-0.3, -0.25) is 9.59 Å². The van der Waals surface area contributed by atoms with Crippen LogP contribution in [0.1, 0.15) is 31.1 Å². The van der Waals surface area contributed by atoms with Crippen molar-refractivity contribution in [1.29, 1.82) is 0 Å². The van der Waals surface area contributed by atoms with Crippen molar-refractivity contribution in [3.63, 3.8) is 0 Å². The van der Waals surface area contributed by atoms with Crippen molar-refractivity contribution in [2.75, 3.05) is 11.9 Å². The molecule has 2 aromatic rings. The molecule has 2 rings (SSSR count). The van der Waals surface area contributed by atoms with Crippen molar-refractivity contribution >= 4 is 27.6 Å². The molecule has 1 amide bonds. The molecule has 144 valence electrons. The molecule has 0 aliphatic rings. The number of sulfonamides is 1. The molecule has 27 heavy (non-hydrogen) atoms. The molecule has 2 N–H and O–H groups in total. The number of carbonyl (C=O) groups is 2. The monoisotopic (exact) mass is 390 g/mol. The number of nitrogens with one attached hydrogen (secondary N) is 2. The first kappa shape index (κ1) is 20.6. The Labute approximate surface area is 158 Å². The van der Waals surface area contributed by atoms with Gasteiger partial charge >= 0.3 is 5.97 Å². The first-order valence-corrected chi connectivity index (χ1v) is 9.73. The Morgan fingerprint density at radius 3 is 2.11 bits per heavy atom. The van der Waals surface area contributed by atoms with Crippen LogP contribution in [0.15, 0.2) is 59.5 Å². The average Bonchev–Trinajstić information content (AvgIpc) is 2.60. The Balaban J connectivity index is 1.99. The van der Waals surface area contributed by atoms with E-state index in [1.807, 2.05) is 0 Å². The van der Waals surface area contributed by atoms with Crippen molar-refractivity contribution in [2.45, 2.75) is 31.3 Å². The van der Waals surface area contributed by atoms with Crippen molar-refractivity contribution < 1.29 is 22.7 Å². The van der Waals surface area contributed by atoms with Crippen molar-refractivity contribution in [3.8, 4) is 0 Å². The van der Waals surface area contributed by atoms with E-state index in [0.29, 0.717) is 11.3 Å². The van der Waals surface area contributed by atoms with Crippen molar-refractivity contribution in [2.24, 2.45) is 0 Å². The minimum Gasteiger partial charge on any atom is -0.459 e. The van der Waals surface area contributed by atoms with Crippen LogP contribution in [0.5, 0.6) is 0 Å². The van der Waals surface area contributed by atoms with Gasteiger partial charge < -0.3 is 10.1 Å². The van der Waals surface area contributed by atoms with Crippen LogP contribution in [0.2, 0.25) is 0 Å². The third-order valence-corrected chi connectivity index (χ3v) is 4.70. The average molecular weight is 390 g/mol. The summed E-state index contributed by atoms with van der Waals surface area (Å²) in [5, 5.41) is 2.68. The topological polar surface area (TPSA) is 102 Å². The maximum absolute atomic E-state index is 12.3. The Bertz CT molecular complexity index is 901. The second-order valence-electron chi connectivity index (χ2n) is 6.76. The summed E-state index contributed by atoms with van der Waals surface area (Å²) in [6.45, 7) is 4.62. The summed E-state index contributed by atoms with van der Waals surface area (Å²) in [7, 11) is -3.87. The molecule has 0 atom stereocenters. The van der Waals surface area contributed by atoms with E-state index in [2.05, 4.69) is 10.0 Å². The second kappa shape index (κ2) is 8.32. The van der Waals surface area contributed by atoms with Gasteiger partial charge in [0.05, 0.1) is 4.90 Å². The predicted molar refractivity (Wildman–Crippen MR) is 102 cm³/mol. The number of hydrogen-bond acceptors (Lipinski definition) is 5. The van der Waals surface area contributed by atoms with Crippen LogP contribution in [0.4, 0.5) is 5.69 Å². The Morgan fingerprint density at radius 2 is 1.56 bits per heavy atom. The van der Waals surface area contributed by atoms with E-state index in [1.165, 1.54) is 24.3 Å². The van der Waals surface area contributed by atoms with Crippen LogP contribution in [0, 0.1) is 0 Å². The Hall–Kier alpha value is -2.71. The van der Waals surface area contributed by atoms with E-state index in [1.54, 1.807) is 51.1 Å². The molecule has 8 heteroatoms. The highest BCUT2D eigenvalue weighted by Crippen LogP contribution is 2.15. The zero-order chi connectivity index (χ0) is 20.1. The van der Waals surface area contributed by atoms with E-state index >= 15 is 0 Å². The minimum absolute atomic E-state index is 0.0243. The first-order chi connectivity index (χ1) is 12.6. The number of ether oxygens (including phenoxy) is 1. The summed E-state index contributed by atoms with van der Waals surface area (Å²) < 4.78 is 31.8. The summed E-state index contributed by atoms with van der Waals surface area (Å²) in [5.74, 6) is -0.966. The van der Waals surface area contributed by atoms with E-state index in [0.717, 1.165) is 0 Å². The fourth-order valence-electron chi connectivity index (χ4n) is 2.13. The zero-order valence-electron chi connectivity index (χ0n) is 15.4. The molecule has 0 aliphatic carbocycles. The largest absolute Gasteiger partial charge is 0.459 e. The molecule has 0 fully saturated rings. The maximum atomic E-state index is 12.3. The Morgan fingerprint density at radius 1 is 0.963 bits per heavy atom. The first-order valence-electron chi connectivity index (χ1n) is 8.25. The molecule has 0 saturated carbocycles. The minimum atomic E-state index is -3.87. The van der Waals surface area contributed by atoms with Gasteiger partial charge in [-0.1, -0.05) is 18.2 Å². The highest BCUT2D eigenvalue weighted by Gasteiger charge is 2.20. The van der Waals surface area contributed by atoms with Gasteiger partial charge in [-0.05, 0) is 57.2 Å². The van der Waals surface area contributed by atoms with Crippen LogP contribution >= 0.6 is 0 Å². The molecular formula is C19H22N2O5S. The van der Waals surface area contributed by atoms with E-state index in [9.17, 15) is 18.0 Å². The number of esters is 1. The molecule has 0 radical (unpaired) electrons. The number of rotatable bonds is 6. The smallest absolute Gasteiger partial charge is 0.321 e.